The first kappa shape index (κ1) is 19.2. The van der Waals surface area contributed by atoms with Crippen LogP contribution in [0, 0.1) is 5.92 Å². The van der Waals surface area contributed by atoms with Crippen molar-refractivity contribution in [3.63, 3.8) is 0 Å². The molecule has 1 N–H and O–H groups in total. The Morgan fingerprint density at radius 2 is 2.00 bits per heavy atom. The van der Waals surface area contributed by atoms with Crippen LogP contribution in [0.2, 0.25) is 0 Å². The number of rotatable bonds is 5. The monoisotopic (exact) mass is 395 g/mol. The van der Waals surface area contributed by atoms with Gasteiger partial charge in [0.1, 0.15) is 24.1 Å². The standard InChI is InChI=1S/C21H25N5O3/c1-14-5-3-4-6-17(14)23-20(27)12-25-21(28)19-11-18(24-26(19)13-22-25)15-7-9-16(29-2)10-8-15/h7-11,13-14,17H,3-6,12H2,1-2H3,(H,23,27)/t14-,17+/m1/s1. The molecule has 1 saturated carbocycles. The fourth-order valence-corrected chi connectivity index (χ4v) is 3.87. The number of nitrogens with one attached hydrogen (secondary N) is 1. The molecular weight excluding hydrogens is 370 g/mol. The lowest BCUT2D eigenvalue weighted by molar-refractivity contribution is -0.123. The second-order valence-corrected chi connectivity index (χ2v) is 7.62. The topological polar surface area (TPSA) is 90.5 Å². The predicted molar refractivity (Wildman–Crippen MR) is 109 cm³/mol. The molecular formula is C21H25N5O3. The highest BCUT2D eigenvalue weighted by Crippen LogP contribution is 2.24. The fourth-order valence-electron chi connectivity index (χ4n) is 3.87. The van der Waals surface area contributed by atoms with E-state index in [1.165, 1.54) is 21.9 Å². The molecule has 0 aliphatic heterocycles. The number of fused-ring (bicyclic) bond motifs is 1. The van der Waals surface area contributed by atoms with Crippen molar-refractivity contribution < 1.29 is 9.53 Å². The summed E-state index contributed by atoms with van der Waals surface area (Å²) < 4.78 is 7.81. The Labute approximate surface area is 168 Å². The third kappa shape index (κ3) is 4.01. The first-order chi connectivity index (χ1) is 14.0. The maximum Gasteiger partial charge on any atom is 0.293 e. The molecule has 2 atom stereocenters. The summed E-state index contributed by atoms with van der Waals surface area (Å²) in [5.74, 6) is 1.03. The van der Waals surface area contributed by atoms with E-state index in [4.69, 9.17) is 4.74 Å². The lowest BCUT2D eigenvalue weighted by atomic mass is 9.86. The molecule has 4 rings (SSSR count). The Bertz CT molecular complexity index is 1070. The fraction of sp³-hybridized carbons (Fsp3) is 0.429. The number of carbonyl (C=O) groups is 1. The van der Waals surface area contributed by atoms with Crippen LogP contribution < -0.4 is 15.6 Å². The minimum absolute atomic E-state index is 0.0956. The summed E-state index contributed by atoms with van der Waals surface area (Å²) in [7, 11) is 1.61. The third-order valence-corrected chi connectivity index (χ3v) is 5.63. The molecule has 1 aliphatic carbocycles. The van der Waals surface area contributed by atoms with E-state index in [0.29, 0.717) is 17.1 Å². The van der Waals surface area contributed by atoms with Crippen LogP contribution in [-0.4, -0.2) is 38.5 Å². The van der Waals surface area contributed by atoms with E-state index in [9.17, 15) is 9.59 Å². The van der Waals surface area contributed by atoms with Crippen molar-refractivity contribution in [2.24, 2.45) is 5.92 Å². The molecule has 8 heteroatoms. The van der Waals surface area contributed by atoms with E-state index < -0.39 is 0 Å². The van der Waals surface area contributed by atoms with Crippen molar-refractivity contribution in [2.45, 2.75) is 45.2 Å². The summed E-state index contributed by atoms with van der Waals surface area (Å²) in [6.45, 7) is 2.06. The lowest BCUT2D eigenvalue weighted by Crippen LogP contribution is -2.44. The van der Waals surface area contributed by atoms with Crippen LogP contribution in [-0.2, 0) is 11.3 Å². The highest BCUT2D eigenvalue weighted by Gasteiger charge is 2.23. The van der Waals surface area contributed by atoms with Crippen LogP contribution in [0.25, 0.3) is 16.8 Å². The van der Waals surface area contributed by atoms with Crippen molar-refractivity contribution in [3.05, 3.63) is 47.0 Å². The molecule has 1 amide bonds. The number of methoxy groups -OCH3 is 1. The highest BCUT2D eigenvalue weighted by atomic mass is 16.5. The Morgan fingerprint density at radius 1 is 1.24 bits per heavy atom. The quantitative estimate of drug-likeness (QED) is 0.716. The molecule has 0 saturated heterocycles. The summed E-state index contributed by atoms with van der Waals surface area (Å²) in [5.41, 5.74) is 1.56. The summed E-state index contributed by atoms with van der Waals surface area (Å²) in [6, 6.07) is 9.33. The van der Waals surface area contributed by atoms with Gasteiger partial charge in [0.2, 0.25) is 5.91 Å². The van der Waals surface area contributed by atoms with Crippen LogP contribution in [0.15, 0.2) is 41.5 Å². The second-order valence-electron chi connectivity index (χ2n) is 7.62. The van der Waals surface area contributed by atoms with Gasteiger partial charge in [0.05, 0.1) is 12.8 Å². The molecule has 8 nitrogen and oxygen atoms in total. The molecule has 0 bridgehead atoms. The van der Waals surface area contributed by atoms with Crippen LogP contribution >= 0.6 is 0 Å². The zero-order valence-electron chi connectivity index (χ0n) is 16.7. The van der Waals surface area contributed by atoms with Gasteiger partial charge in [-0.15, -0.1) is 0 Å². The first-order valence-electron chi connectivity index (χ1n) is 9.94. The molecule has 2 aromatic heterocycles. The van der Waals surface area contributed by atoms with Crippen molar-refractivity contribution in [1.29, 1.82) is 0 Å². The normalized spacial score (nSPS) is 19.2. The maximum absolute atomic E-state index is 12.8. The Balaban J connectivity index is 1.54. The van der Waals surface area contributed by atoms with Crippen molar-refractivity contribution in [1.82, 2.24) is 24.7 Å². The van der Waals surface area contributed by atoms with E-state index in [2.05, 4.69) is 22.4 Å². The van der Waals surface area contributed by atoms with Gasteiger partial charge in [-0.3, -0.25) is 9.59 Å². The molecule has 29 heavy (non-hydrogen) atoms. The van der Waals surface area contributed by atoms with Crippen LogP contribution in [0.3, 0.4) is 0 Å². The average molecular weight is 395 g/mol. The van der Waals surface area contributed by atoms with Crippen LogP contribution in [0.4, 0.5) is 0 Å². The summed E-state index contributed by atoms with van der Waals surface area (Å²) >= 11 is 0. The number of hydrogen-bond donors (Lipinski definition) is 1. The zero-order chi connectivity index (χ0) is 20.4. The van der Waals surface area contributed by atoms with Gasteiger partial charge in [0.25, 0.3) is 5.56 Å². The smallest absolute Gasteiger partial charge is 0.293 e. The van der Waals surface area contributed by atoms with Crippen molar-refractivity contribution >= 4 is 11.4 Å². The molecule has 1 aliphatic rings. The van der Waals surface area contributed by atoms with Crippen LogP contribution in [0.1, 0.15) is 32.6 Å². The number of amides is 1. The van der Waals surface area contributed by atoms with Gasteiger partial charge < -0.3 is 10.1 Å². The van der Waals surface area contributed by atoms with Gasteiger partial charge in [-0.25, -0.2) is 9.20 Å². The van der Waals surface area contributed by atoms with Gasteiger partial charge in [-0.2, -0.15) is 10.2 Å². The van der Waals surface area contributed by atoms with E-state index in [1.807, 2.05) is 24.3 Å². The van der Waals surface area contributed by atoms with Gasteiger partial charge in [0.15, 0.2) is 0 Å². The molecule has 1 aromatic carbocycles. The van der Waals surface area contributed by atoms with Gasteiger partial charge in [-0.05, 0) is 49.1 Å². The molecule has 3 aromatic rings. The molecule has 2 heterocycles. The molecule has 0 radical (unpaired) electrons. The van der Waals surface area contributed by atoms with E-state index in [-0.39, 0.29) is 24.1 Å². The van der Waals surface area contributed by atoms with Gasteiger partial charge >= 0.3 is 0 Å². The Kier molecular flexibility index (Phi) is 5.33. The van der Waals surface area contributed by atoms with Crippen LogP contribution in [0.5, 0.6) is 5.75 Å². The van der Waals surface area contributed by atoms with E-state index >= 15 is 0 Å². The molecule has 0 spiro atoms. The SMILES string of the molecule is COc1ccc(-c2cc3c(=O)n(CC(=O)N[C@H]4CCCC[C@H]4C)ncn3n2)cc1. The molecule has 0 unspecified atom stereocenters. The number of aromatic nitrogens is 4. The summed E-state index contributed by atoms with van der Waals surface area (Å²) in [6.07, 6.45) is 5.91. The number of benzene rings is 1. The molecule has 152 valence electrons. The lowest BCUT2D eigenvalue weighted by Gasteiger charge is -2.29. The predicted octanol–water partition coefficient (Wildman–Crippen LogP) is 2.26. The Morgan fingerprint density at radius 3 is 2.72 bits per heavy atom. The Hall–Kier alpha value is -3.16. The second kappa shape index (κ2) is 8.06. The van der Waals surface area contributed by atoms with Gasteiger partial charge in [-0.1, -0.05) is 19.8 Å². The zero-order valence-corrected chi connectivity index (χ0v) is 16.7. The third-order valence-electron chi connectivity index (χ3n) is 5.63. The molecule has 1 fully saturated rings. The number of hydrogen-bond acceptors (Lipinski definition) is 5. The summed E-state index contributed by atoms with van der Waals surface area (Å²) in [5, 5.41) is 11.6. The number of ether oxygens (including phenoxy) is 1. The van der Waals surface area contributed by atoms with Crippen molar-refractivity contribution in [3.8, 4) is 17.0 Å². The van der Waals surface area contributed by atoms with E-state index in [0.717, 1.165) is 30.6 Å². The van der Waals surface area contributed by atoms with Gasteiger partial charge in [0, 0.05) is 11.6 Å². The largest absolute Gasteiger partial charge is 0.497 e. The average Bonchev–Trinajstić information content (AvgIpc) is 3.17. The van der Waals surface area contributed by atoms with E-state index in [1.54, 1.807) is 13.2 Å². The maximum atomic E-state index is 12.8. The minimum atomic E-state index is -0.341. The highest BCUT2D eigenvalue weighted by molar-refractivity contribution is 5.76. The number of carbonyl (C=O) groups excluding carboxylic acids is 1. The first-order valence-corrected chi connectivity index (χ1v) is 9.94. The summed E-state index contributed by atoms with van der Waals surface area (Å²) in [4.78, 5) is 25.3. The number of nitrogens with zero attached hydrogens (tertiary/aromatic N) is 4. The van der Waals surface area contributed by atoms with Crippen molar-refractivity contribution in [2.75, 3.05) is 7.11 Å². The minimum Gasteiger partial charge on any atom is -0.497 e.